The summed E-state index contributed by atoms with van der Waals surface area (Å²) < 4.78 is 5.11. The van der Waals surface area contributed by atoms with Crippen LogP contribution in [0.25, 0.3) is 11.3 Å². The summed E-state index contributed by atoms with van der Waals surface area (Å²) in [5.41, 5.74) is 1.37. The fraction of sp³-hybridized carbons (Fsp3) is 0.0769. The third-order valence-corrected chi connectivity index (χ3v) is 2.35. The minimum absolute atomic E-state index is 0.0258. The third-order valence-electron chi connectivity index (χ3n) is 2.35. The number of methoxy groups -OCH3 is 1. The van der Waals surface area contributed by atoms with Crippen molar-refractivity contribution in [2.75, 3.05) is 7.11 Å². The van der Waals surface area contributed by atoms with E-state index in [1.807, 2.05) is 30.3 Å². The minimum atomic E-state index is 0.0258. The fourth-order valence-corrected chi connectivity index (χ4v) is 1.47. The summed E-state index contributed by atoms with van der Waals surface area (Å²) in [4.78, 5) is 8.02. The Morgan fingerprint density at radius 1 is 1.17 bits per heavy atom. The number of nitriles is 2. The lowest BCUT2D eigenvalue weighted by molar-refractivity contribution is 0.415. The fourth-order valence-electron chi connectivity index (χ4n) is 1.47. The molecule has 0 aliphatic carbocycles. The van der Waals surface area contributed by atoms with E-state index in [-0.39, 0.29) is 11.4 Å². The van der Waals surface area contributed by atoms with Gasteiger partial charge in [-0.05, 0) is 12.1 Å². The van der Waals surface area contributed by atoms with Crippen LogP contribution in [-0.4, -0.2) is 17.1 Å². The minimum Gasteiger partial charge on any atom is -0.497 e. The molecule has 86 valence electrons. The first-order chi connectivity index (χ1) is 8.78. The first-order valence-electron chi connectivity index (χ1n) is 5.10. The zero-order valence-corrected chi connectivity index (χ0v) is 9.58. The van der Waals surface area contributed by atoms with Gasteiger partial charge in [-0.1, -0.05) is 12.1 Å². The van der Waals surface area contributed by atoms with E-state index in [2.05, 4.69) is 9.97 Å². The van der Waals surface area contributed by atoms with Crippen LogP contribution in [0, 0.1) is 22.7 Å². The van der Waals surface area contributed by atoms with Crippen LogP contribution < -0.4 is 4.74 Å². The molecule has 0 spiro atoms. The quantitative estimate of drug-likeness (QED) is 0.795. The molecule has 5 nitrogen and oxygen atoms in total. The summed E-state index contributed by atoms with van der Waals surface area (Å²) in [6.45, 7) is 0. The number of benzene rings is 1. The second-order valence-electron chi connectivity index (χ2n) is 3.41. The molecule has 0 bridgehead atoms. The molecule has 0 radical (unpaired) electrons. The zero-order chi connectivity index (χ0) is 13.0. The molecule has 0 unspecified atom stereocenters. The summed E-state index contributed by atoms with van der Waals surface area (Å²) in [5.74, 6) is 0.692. The van der Waals surface area contributed by atoms with E-state index in [1.54, 1.807) is 13.2 Å². The van der Waals surface area contributed by atoms with E-state index < -0.39 is 0 Å². The van der Waals surface area contributed by atoms with Crippen LogP contribution in [0.5, 0.6) is 5.75 Å². The molecule has 0 aliphatic rings. The molecule has 0 amide bonds. The molecule has 1 aromatic heterocycles. The summed E-state index contributed by atoms with van der Waals surface area (Å²) in [6, 6.07) is 10.9. The Labute approximate surface area is 104 Å². The van der Waals surface area contributed by atoms with Crippen LogP contribution in [0.15, 0.2) is 30.5 Å². The number of nitrogens with zero attached hydrogens (tertiary/aromatic N) is 4. The maximum absolute atomic E-state index is 8.89. The summed E-state index contributed by atoms with van der Waals surface area (Å²) in [7, 11) is 1.57. The summed E-state index contributed by atoms with van der Waals surface area (Å²) >= 11 is 0. The van der Waals surface area contributed by atoms with Crippen molar-refractivity contribution in [1.29, 1.82) is 10.5 Å². The van der Waals surface area contributed by atoms with Crippen LogP contribution in [0.4, 0.5) is 0 Å². The van der Waals surface area contributed by atoms with Crippen LogP contribution in [0.2, 0.25) is 0 Å². The molecule has 0 saturated heterocycles. The average Bonchev–Trinajstić information content (AvgIpc) is 2.46. The van der Waals surface area contributed by atoms with Crippen molar-refractivity contribution < 1.29 is 4.74 Å². The SMILES string of the molecule is COc1cccc(-c2cnc(C#N)c(C#N)n2)c1. The van der Waals surface area contributed by atoms with Gasteiger partial charge in [0, 0.05) is 5.56 Å². The number of rotatable bonds is 2. The first-order valence-corrected chi connectivity index (χ1v) is 5.10. The van der Waals surface area contributed by atoms with Gasteiger partial charge in [-0.15, -0.1) is 0 Å². The zero-order valence-electron chi connectivity index (χ0n) is 9.58. The molecule has 0 atom stereocenters. The Morgan fingerprint density at radius 3 is 2.61 bits per heavy atom. The molecule has 5 heteroatoms. The monoisotopic (exact) mass is 236 g/mol. The molecule has 1 heterocycles. The van der Waals surface area contributed by atoms with Crippen LogP contribution in [0.1, 0.15) is 11.4 Å². The first kappa shape index (κ1) is 11.6. The average molecular weight is 236 g/mol. The number of ether oxygens (including phenoxy) is 1. The van der Waals surface area contributed by atoms with Crippen molar-refractivity contribution in [3.63, 3.8) is 0 Å². The molecule has 2 rings (SSSR count). The standard InChI is InChI=1S/C13H8N4O/c1-18-10-4-2-3-9(5-10)13-8-16-11(6-14)12(7-15)17-13/h2-5,8H,1H3. The van der Waals surface area contributed by atoms with Crippen molar-refractivity contribution in [2.24, 2.45) is 0 Å². The van der Waals surface area contributed by atoms with E-state index in [9.17, 15) is 0 Å². The summed E-state index contributed by atoms with van der Waals surface area (Å²) in [6.07, 6.45) is 1.47. The van der Waals surface area contributed by atoms with Crippen molar-refractivity contribution >= 4 is 0 Å². The number of hydrogen-bond acceptors (Lipinski definition) is 5. The topological polar surface area (TPSA) is 82.6 Å². The van der Waals surface area contributed by atoms with Gasteiger partial charge in [-0.25, -0.2) is 9.97 Å². The Balaban J connectivity index is 2.52. The maximum atomic E-state index is 8.89. The van der Waals surface area contributed by atoms with Gasteiger partial charge in [0.05, 0.1) is 19.0 Å². The Hall–Kier alpha value is -2.92. The smallest absolute Gasteiger partial charge is 0.177 e. The Morgan fingerprint density at radius 2 is 1.94 bits per heavy atom. The normalized spacial score (nSPS) is 9.28. The molecule has 18 heavy (non-hydrogen) atoms. The van der Waals surface area contributed by atoms with Gasteiger partial charge < -0.3 is 4.74 Å². The van der Waals surface area contributed by atoms with E-state index in [4.69, 9.17) is 15.3 Å². The van der Waals surface area contributed by atoms with Gasteiger partial charge in [-0.3, -0.25) is 0 Å². The van der Waals surface area contributed by atoms with Gasteiger partial charge in [0.1, 0.15) is 17.9 Å². The lowest BCUT2D eigenvalue weighted by Crippen LogP contribution is -1.96. The van der Waals surface area contributed by atoms with E-state index in [1.165, 1.54) is 6.20 Å². The van der Waals surface area contributed by atoms with Crippen LogP contribution in [0.3, 0.4) is 0 Å². The largest absolute Gasteiger partial charge is 0.497 e. The Bertz CT molecular complexity index is 667. The van der Waals surface area contributed by atoms with E-state index in [0.717, 1.165) is 5.56 Å². The van der Waals surface area contributed by atoms with Crippen molar-refractivity contribution in [3.05, 3.63) is 41.9 Å². The van der Waals surface area contributed by atoms with Gasteiger partial charge in [-0.2, -0.15) is 10.5 Å². The van der Waals surface area contributed by atoms with Crippen LogP contribution >= 0.6 is 0 Å². The molecule has 1 aromatic carbocycles. The highest BCUT2D eigenvalue weighted by molar-refractivity contribution is 5.61. The molecule has 2 aromatic rings. The number of hydrogen-bond donors (Lipinski definition) is 0. The van der Waals surface area contributed by atoms with E-state index in [0.29, 0.717) is 11.4 Å². The predicted octanol–water partition coefficient (Wildman–Crippen LogP) is 1.90. The maximum Gasteiger partial charge on any atom is 0.177 e. The molecule has 0 N–H and O–H groups in total. The van der Waals surface area contributed by atoms with Gasteiger partial charge in [0.15, 0.2) is 11.4 Å². The third kappa shape index (κ3) is 2.11. The lowest BCUT2D eigenvalue weighted by Gasteiger charge is -2.04. The highest BCUT2D eigenvalue weighted by Crippen LogP contribution is 2.22. The lowest BCUT2D eigenvalue weighted by atomic mass is 10.1. The Kier molecular flexibility index (Phi) is 3.17. The highest BCUT2D eigenvalue weighted by atomic mass is 16.5. The van der Waals surface area contributed by atoms with Gasteiger partial charge >= 0.3 is 0 Å². The molecular weight excluding hydrogens is 228 g/mol. The second-order valence-corrected chi connectivity index (χ2v) is 3.41. The molecule has 0 saturated carbocycles. The summed E-state index contributed by atoms with van der Waals surface area (Å²) in [5, 5.41) is 17.7. The predicted molar refractivity (Wildman–Crippen MR) is 63.5 cm³/mol. The molecule has 0 aliphatic heterocycles. The molecular formula is C13H8N4O. The van der Waals surface area contributed by atoms with Gasteiger partial charge in [0.25, 0.3) is 0 Å². The number of aromatic nitrogens is 2. The van der Waals surface area contributed by atoms with Crippen molar-refractivity contribution in [1.82, 2.24) is 9.97 Å². The van der Waals surface area contributed by atoms with Gasteiger partial charge in [0.2, 0.25) is 0 Å². The highest BCUT2D eigenvalue weighted by Gasteiger charge is 2.08. The second kappa shape index (κ2) is 4.94. The van der Waals surface area contributed by atoms with Crippen molar-refractivity contribution in [3.8, 4) is 29.1 Å². The van der Waals surface area contributed by atoms with Crippen molar-refractivity contribution in [2.45, 2.75) is 0 Å². The van der Waals surface area contributed by atoms with Crippen LogP contribution in [-0.2, 0) is 0 Å². The molecule has 0 fully saturated rings. The van der Waals surface area contributed by atoms with E-state index >= 15 is 0 Å².